The minimum absolute atomic E-state index is 0.163. The highest BCUT2D eigenvalue weighted by Crippen LogP contribution is 2.30. The summed E-state index contributed by atoms with van der Waals surface area (Å²) in [5.74, 6) is 0.954. The zero-order chi connectivity index (χ0) is 9.97. The Morgan fingerprint density at radius 2 is 2.21 bits per heavy atom. The van der Waals surface area contributed by atoms with Gasteiger partial charge in [0.05, 0.1) is 13.7 Å². The molecule has 0 aliphatic heterocycles. The van der Waals surface area contributed by atoms with Crippen molar-refractivity contribution in [2.24, 2.45) is 0 Å². The van der Waals surface area contributed by atoms with Crippen LogP contribution in [0.1, 0.15) is 17.5 Å². The van der Waals surface area contributed by atoms with E-state index in [1.54, 1.807) is 7.11 Å². The third kappa shape index (κ3) is 1.53. The molecule has 1 aliphatic carbocycles. The Kier molecular flexibility index (Phi) is 2.55. The van der Waals surface area contributed by atoms with Gasteiger partial charge in [-0.1, -0.05) is 18.2 Å². The molecule has 14 heavy (non-hydrogen) atoms. The molecule has 1 aromatic rings. The van der Waals surface area contributed by atoms with Gasteiger partial charge >= 0.3 is 0 Å². The molecule has 2 nitrogen and oxygen atoms in total. The number of hydrogen-bond donors (Lipinski definition) is 1. The van der Waals surface area contributed by atoms with Crippen LogP contribution in [-0.2, 0) is 6.42 Å². The van der Waals surface area contributed by atoms with Crippen LogP contribution in [0.25, 0.3) is 6.08 Å². The molecular weight excluding hydrogens is 176 g/mol. The van der Waals surface area contributed by atoms with E-state index in [1.807, 2.05) is 12.1 Å². The molecule has 0 aromatic heterocycles. The first-order chi connectivity index (χ1) is 6.85. The van der Waals surface area contributed by atoms with E-state index in [-0.39, 0.29) is 6.61 Å². The Morgan fingerprint density at radius 3 is 2.93 bits per heavy atom. The van der Waals surface area contributed by atoms with Gasteiger partial charge in [-0.15, -0.1) is 0 Å². The van der Waals surface area contributed by atoms with Crippen LogP contribution in [-0.4, -0.2) is 18.8 Å². The molecule has 2 heteroatoms. The van der Waals surface area contributed by atoms with Crippen molar-refractivity contribution in [3.8, 4) is 5.75 Å². The average Bonchev–Trinajstić information content (AvgIpc) is 2.27. The van der Waals surface area contributed by atoms with Gasteiger partial charge in [0.25, 0.3) is 0 Å². The predicted molar refractivity (Wildman–Crippen MR) is 56.4 cm³/mol. The van der Waals surface area contributed by atoms with Gasteiger partial charge in [-0.05, 0) is 30.0 Å². The first kappa shape index (κ1) is 9.28. The molecule has 0 heterocycles. The second-order valence-corrected chi connectivity index (χ2v) is 3.49. The average molecular weight is 190 g/mol. The van der Waals surface area contributed by atoms with Crippen molar-refractivity contribution in [2.45, 2.75) is 12.8 Å². The Labute approximate surface area is 83.8 Å². The number of methoxy groups -OCH3 is 1. The lowest BCUT2D eigenvalue weighted by Crippen LogP contribution is -2.04. The maximum Gasteiger partial charge on any atom is 0.122 e. The second kappa shape index (κ2) is 3.84. The summed E-state index contributed by atoms with van der Waals surface area (Å²) in [5.41, 5.74) is 3.54. The summed E-state index contributed by atoms with van der Waals surface area (Å²) in [6.07, 6.45) is 3.96. The topological polar surface area (TPSA) is 29.5 Å². The Hall–Kier alpha value is -1.28. The quantitative estimate of drug-likeness (QED) is 0.773. The first-order valence-corrected chi connectivity index (χ1v) is 4.81. The Balaban J connectivity index is 2.45. The number of ether oxygens (including phenoxy) is 1. The van der Waals surface area contributed by atoms with Crippen molar-refractivity contribution >= 4 is 6.08 Å². The smallest absolute Gasteiger partial charge is 0.122 e. The van der Waals surface area contributed by atoms with Crippen LogP contribution in [0.5, 0.6) is 5.75 Å². The summed E-state index contributed by atoms with van der Waals surface area (Å²) < 4.78 is 5.29. The lowest BCUT2D eigenvalue weighted by atomic mass is 9.92. The minimum Gasteiger partial charge on any atom is -0.496 e. The molecule has 1 aliphatic rings. The third-order valence-electron chi connectivity index (χ3n) is 2.65. The van der Waals surface area contributed by atoms with E-state index in [0.29, 0.717) is 0 Å². The number of hydrogen-bond acceptors (Lipinski definition) is 2. The van der Waals surface area contributed by atoms with Gasteiger partial charge < -0.3 is 9.84 Å². The van der Waals surface area contributed by atoms with Gasteiger partial charge in [-0.2, -0.15) is 0 Å². The lowest BCUT2D eigenvalue weighted by molar-refractivity contribution is 0.327. The van der Waals surface area contributed by atoms with Gasteiger partial charge in [-0.25, -0.2) is 0 Å². The van der Waals surface area contributed by atoms with Crippen LogP contribution in [0.2, 0.25) is 0 Å². The zero-order valence-corrected chi connectivity index (χ0v) is 8.29. The number of rotatable bonds is 2. The molecule has 0 spiro atoms. The van der Waals surface area contributed by atoms with Crippen LogP contribution >= 0.6 is 0 Å². The van der Waals surface area contributed by atoms with Crippen molar-refractivity contribution < 1.29 is 9.84 Å². The summed E-state index contributed by atoms with van der Waals surface area (Å²) in [6, 6.07) is 6.03. The number of fused-ring (bicyclic) bond motifs is 1. The number of aliphatic hydroxyl groups is 1. The fraction of sp³-hybridized carbons (Fsp3) is 0.333. The molecule has 1 N–H and O–H groups in total. The van der Waals surface area contributed by atoms with Crippen molar-refractivity contribution in [3.05, 3.63) is 34.9 Å². The highest BCUT2D eigenvalue weighted by Gasteiger charge is 2.13. The van der Waals surface area contributed by atoms with Crippen molar-refractivity contribution in [3.63, 3.8) is 0 Å². The fourth-order valence-electron chi connectivity index (χ4n) is 1.88. The minimum atomic E-state index is 0.163. The zero-order valence-electron chi connectivity index (χ0n) is 8.29. The maximum atomic E-state index is 9.04. The van der Waals surface area contributed by atoms with E-state index in [4.69, 9.17) is 9.84 Å². The van der Waals surface area contributed by atoms with Crippen LogP contribution in [0, 0.1) is 0 Å². The van der Waals surface area contributed by atoms with Gasteiger partial charge in [-0.3, -0.25) is 0 Å². The van der Waals surface area contributed by atoms with Gasteiger partial charge in [0.15, 0.2) is 0 Å². The molecule has 0 radical (unpaired) electrons. The Morgan fingerprint density at radius 1 is 1.36 bits per heavy atom. The molecule has 0 bridgehead atoms. The van der Waals surface area contributed by atoms with E-state index < -0.39 is 0 Å². The molecule has 0 unspecified atom stereocenters. The molecule has 2 rings (SSSR count). The van der Waals surface area contributed by atoms with E-state index in [0.717, 1.165) is 24.2 Å². The first-order valence-electron chi connectivity index (χ1n) is 4.81. The van der Waals surface area contributed by atoms with E-state index in [9.17, 15) is 0 Å². The van der Waals surface area contributed by atoms with Crippen LogP contribution in [0.4, 0.5) is 0 Å². The Bertz CT molecular complexity index is 367. The third-order valence-corrected chi connectivity index (χ3v) is 2.65. The van der Waals surface area contributed by atoms with Gasteiger partial charge in [0.2, 0.25) is 0 Å². The van der Waals surface area contributed by atoms with E-state index in [1.165, 1.54) is 11.1 Å². The second-order valence-electron chi connectivity index (χ2n) is 3.49. The predicted octanol–water partition coefficient (Wildman–Crippen LogP) is 2.02. The summed E-state index contributed by atoms with van der Waals surface area (Å²) in [7, 11) is 1.70. The van der Waals surface area contributed by atoms with Crippen LogP contribution in [0.15, 0.2) is 23.8 Å². The lowest BCUT2D eigenvalue weighted by Gasteiger charge is -2.17. The largest absolute Gasteiger partial charge is 0.496 e. The van der Waals surface area contributed by atoms with Crippen molar-refractivity contribution in [1.29, 1.82) is 0 Å². The molecule has 0 saturated heterocycles. The van der Waals surface area contributed by atoms with Gasteiger partial charge in [0, 0.05) is 5.56 Å². The van der Waals surface area contributed by atoms with Crippen molar-refractivity contribution in [2.75, 3.05) is 13.7 Å². The summed E-state index contributed by atoms with van der Waals surface area (Å²) in [5, 5.41) is 9.04. The normalized spacial score (nSPS) is 14.6. The molecule has 0 saturated carbocycles. The highest BCUT2D eigenvalue weighted by atomic mass is 16.5. The fourth-order valence-corrected chi connectivity index (χ4v) is 1.88. The summed E-state index contributed by atoms with van der Waals surface area (Å²) in [6.45, 7) is 0.163. The molecule has 0 atom stereocenters. The van der Waals surface area contributed by atoms with Crippen LogP contribution in [0.3, 0.4) is 0 Å². The van der Waals surface area contributed by atoms with E-state index in [2.05, 4.69) is 12.1 Å². The number of aliphatic hydroxyl groups excluding tert-OH is 1. The molecule has 0 amide bonds. The maximum absolute atomic E-state index is 9.04. The van der Waals surface area contributed by atoms with E-state index >= 15 is 0 Å². The molecule has 1 aromatic carbocycles. The highest BCUT2D eigenvalue weighted by molar-refractivity contribution is 5.63. The van der Waals surface area contributed by atoms with Crippen LogP contribution < -0.4 is 4.74 Å². The summed E-state index contributed by atoms with van der Waals surface area (Å²) >= 11 is 0. The molecule has 74 valence electrons. The van der Waals surface area contributed by atoms with Crippen molar-refractivity contribution in [1.82, 2.24) is 0 Å². The molecule has 0 fully saturated rings. The standard InChI is InChI=1S/C12H14O2/c1-14-12-4-2-3-10-7-9(8-13)5-6-11(10)12/h2-4,7,13H,5-6,8H2,1H3. The molecular formula is C12H14O2. The SMILES string of the molecule is COc1cccc2c1CCC(CO)=C2. The monoisotopic (exact) mass is 190 g/mol. The number of benzene rings is 1. The van der Waals surface area contributed by atoms with Gasteiger partial charge in [0.1, 0.15) is 5.75 Å². The summed E-state index contributed by atoms with van der Waals surface area (Å²) in [4.78, 5) is 0.